The number of ether oxygens (including phenoxy) is 1. The molecule has 1 saturated carbocycles. The molecule has 1 amide bonds. The van der Waals surface area contributed by atoms with E-state index in [1.165, 1.54) is 32.0 Å². The summed E-state index contributed by atoms with van der Waals surface area (Å²) in [5.41, 5.74) is 2.11. The van der Waals surface area contributed by atoms with Gasteiger partial charge in [0.05, 0.1) is 25.3 Å². The molecule has 0 saturated heterocycles. The van der Waals surface area contributed by atoms with Gasteiger partial charge in [-0.1, -0.05) is 33.1 Å². The highest BCUT2D eigenvalue weighted by Gasteiger charge is 2.36. The number of carbonyl (C=O) groups is 1. The molecule has 9 nitrogen and oxygen atoms in total. The predicted molar refractivity (Wildman–Crippen MR) is 145 cm³/mol. The van der Waals surface area contributed by atoms with E-state index < -0.39 is 0 Å². The Bertz CT molecular complexity index is 1070. The second kappa shape index (κ2) is 11.6. The minimum absolute atomic E-state index is 0.115. The number of benzene rings is 1. The summed E-state index contributed by atoms with van der Waals surface area (Å²) in [5, 5.41) is 14.3. The van der Waals surface area contributed by atoms with E-state index in [-0.39, 0.29) is 11.9 Å². The molecule has 1 aliphatic heterocycles. The summed E-state index contributed by atoms with van der Waals surface area (Å²) in [6.45, 7) is 7.09. The fourth-order valence-electron chi connectivity index (χ4n) is 5.38. The summed E-state index contributed by atoms with van der Waals surface area (Å²) in [6, 6.07) is 6.23. The molecule has 3 N–H and O–H groups in total. The number of aromatic nitrogens is 2. The first-order valence-corrected chi connectivity index (χ1v) is 13.2. The van der Waals surface area contributed by atoms with Crippen molar-refractivity contribution in [3.05, 3.63) is 30.0 Å². The van der Waals surface area contributed by atoms with Gasteiger partial charge in [-0.25, -0.2) is 4.98 Å². The lowest BCUT2D eigenvalue weighted by atomic mass is 10.0. The number of amides is 1. The summed E-state index contributed by atoms with van der Waals surface area (Å²) >= 11 is 0. The number of fused-ring (bicyclic) bond motifs is 1. The van der Waals surface area contributed by atoms with Gasteiger partial charge in [0, 0.05) is 30.2 Å². The van der Waals surface area contributed by atoms with Crippen molar-refractivity contribution >= 4 is 35.4 Å². The van der Waals surface area contributed by atoms with Crippen LogP contribution in [0.5, 0.6) is 5.75 Å². The van der Waals surface area contributed by atoms with E-state index in [2.05, 4.69) is 34.4 Å². The van der Waals surface area contributed by atoms with Crippen molar-refractivity contribution in [3.8, 4) is 5.75 Å². The van der Waals surface area contributed by atoms with Crippen molar-refractivity contribution < 1.29 is 9.53 Å². The quantitative estimate of drug-likeness (QED) is 0.312. The van der Waals surface area contributed by atoms with Gasteiger partial charge < -0.3 is 25.2 Å². The first kappa shape index (κ1) is 25.7. The van der Waals surface area contributed by atoms with Gasteiger partial charge in [0.25, 0.3) is 5.91 Å². The van der Waals surface area contributed by atoms with Crippen LogP contribution in [-0.2, 0) is 0 Å². The smallest absolute Gasteiger partial charge is 0.251 e. The number of anilines is 4. The molecule has 1 aliphatic carbocycles. The zero-order chi connectivity index (χ0) is 25.7. The van der Waals surface area contributed by atoms with Crippen LogP contribution in [-0.4, -0.2) is 54.0 Å². The van der Waals surface area contributed by atoms with Crippen molar-refractivity contribution in [2.75, 3.05) is 28.8 Å². The van der Waals surface area contributed by atoms with Crippen LogP contribution in [0.25, 0.3) is 0 Å². The minimum atomic E-state index is -0.115. The molecule has 2 aliphatic rings. The Hall–Kier alpha value is -3.36. The highest BCUT2D eigenvalue weighted by atomic mass is 16.5. The van der Waals surface area contributed by atoms with Gasteiger partial charge in [-0.05, 0) is 50.8 Å². The van der Waals surface area contributed by atoms with E-state index in [0.29, 0.717) is 35.0 Å². The number of hydrogen-bond acceptors (Lipinski definition) is 7. The van der Waals surface area contributed by atoms with Crippen LogP contribution in [0.2, 0.25) is 0 Å². The third kappa shape index (κ3) is 5.39. The highest BCUT2D eigenvalue weighted by molar-refractivity contribution is 5.95. The maximum Gasteiger partial charge on any atom is 0.251 e. The van der Waals surface area contributed by atoms with Crippen molar-refractivity contribution in [1.29, 1.82) is 5.41 Å². The summed E-state index contributed by atoms with van der Waals surface area (Å²) in [5.74, 6) is 1.77. The second-order valence-electron chi connectivity index (χ2n) is 9.79. The topological polar surface area (TPSA) is 106 Å². The molecule has 2 aromatic rings. The molecule has 4 rings (SSSR count). The molecule has 0 spiro atoms. The Morgan fingerprint density at radius 1 is 1.31 bits per heavy atom. The molecular weight excluding hydrogens is 454 g/mol. The molecule has 36 heavy (non-hydrogen) atoms. The number of nitrogens with one attached hydrogen (secondary N) is 3. The fraction of sp³-hybridized carbons (Fsp3) is 0.556. The second-order valence-corrected chi connectivity index (χ2v) is 9.79. The first-order chi connectivity index (χ1) is 17.5. The number of carbonyl (C=O) groups excluding carboxylic acids is 1. The number of methoxy groups -OCH3 is 1. The Morgan fingerprint density at radius 3 is 2.75 bits per heavy atom. The van der Waals surface area contributed by atoms with Crippen LogP contribution >= 0.6 is 0 Å². The first-order valence-electron chi connectivity index (χ1n) is 13.2. The van der Waals surface area contributed by atoms with E-state index >= 15 is 0 Å². The zero-order valence-electron chi connectivity index (χ0n) is 21.9. The van der Waals surface area contributed by atoms with Crippen LogP contribution in [0, 0.1) is 5.41 Å². The van der Waals surface area contributed by atoms with Crippen LogP contribution in [0.15, 0.2) is 24.4 Å². The highest BCUT2D eigenvalue weighted by Crippen LogP contribution is 2.40. The maximum absolute atomic E-state index is 12.7. The maximum atomic E-state index is 12.7. The van der Waals surface area contributed by atoms with E-state index in [4.69, 9.17) is 15.1 Å². The minimum Gasteiger partial charge on any atom is -0.495 e. The monoisotopic (exact) mass is 493 g/mol. The van der Waals surface area contributed by atoms with Gasteiger partial charge in [-0.15, -0.1) is 0 Å². The Balaban J connectivity index is 1.61. The van der Waals surface area contributed by atoms with Crippen molar-refractivity contribution in [1.82, 2.24) is 15.3 Å². The summed E-state index contributed by atoms with van der Waals surface area (Å²) in [7, 11) is 1.59. The van der Waals surface area contributed by atoms with Gasteiger partial charge in [0.15, 0.2) is 5.82 Å². The normalized spacial score (nSPS) is 18.5. The van der Waals surface area contributed by atoms with Gasteiger partial charge in [0.2, 0.25) is 5.95 Å². The number of rotatable bonds is 10. The lowest BCUT2D eigenvalue weighted by molar-refractivity contribution is 0.0938. The van der Waals surface area contributed by atoms with Crippen LogP contribution in [0.1, 0.15) is 76.1 Å². The molecule has 2 heterocycles. The molecule has 1 aromatic heterocycles. The van der Waals surface area contributed by atoms with Crippen molar-refractivity contribution in [2.24, 2.45) is 0 Å². The fourth-order valence-corrected chi connectivity index (χ4v) is 5.38. The third-order valence-electron chi connectivity index (χ3n) is 7.26. The van der Waals surface area contributed by atoms with Crippen molar-refractivity contribution in [2.45, 2.75) is 83.8 Å². The molecular formula is C27H39N7O2. The molecule has 9 heteroatoms. The average Bonchev–Trinajstić information content (AvgIpc) is 3.42. The Morgan fingerprint density at radius 2 is 2.08 bits per heavy atom. The summed E-state index contributed by atoms with van der Waals surface area (Å²) < 4.78 is 5.60. The van der Waals surface area contributed by atoms with E-state index in [1.54, 1.807) is 25.4 Å². The zero-order valence-corrected chi connectivity index (χ0v) is 21.9. The van der Waals surface area contributed by atoms with Crippen LogP contribution in [0.4, 0.5) is 23.1 Å². The summed E-state index contributed by atoms with van der Waals surface area (Å²) in [4.78, 5) is 26.6. The molecule has 0 bridgehead atoms. The van der Waals surface area contributed by atoms with Gasteiger partial charge in [-0.3, -0.25) is 10.2 Å². The predicted octanol–water partition coefficient (Wildman–Crippen LogP) is 5.10. The molecule has 194 valence electrons. The van der Waals surface area contributed by atoms with Gasteiger partial charge >= 0.3 is 0 Å². The third-order valence-corrected chi connectivity index (χ3v) is 7.26. The van der Waals surface area contributed by atoms with Crippen molar-refractivity contribution in [3.63, 3.8) is 0 Å². The lowest BCUT2D eigenvalue weighted by Crippen LogP contribution is -2.52. The molecule has 0 radical (unpaired) electrons. The number of hydrogen-bond donors (Lipinski definition) is 3. The summed E-state index contributed by atoms with van der Waals surface area (Å²) in [6.07, 6.45) is 10.9. The van der Waals surface area contributed by atoms with Gasteiger partial charge in [-0.2, -0.15) is 4.98 Å². The lowest BCUT2D eigenvalue weighted by Gasteiger charge is -2.44. The Kier molecular flexibility index (Phi) is 8.28. The molecule has 1 fully saturated rings. The SMILES string of the molecule is CCCC(C)NC(=O)c1ccc(Nc2ncc3c(n2)N(C2CCCC2)C(CC)CN3C=N)c(OC)c1. The molecule has 2 unspecified atom stereocenters. The van der Waals surface area contributed by atoms with Gasteiger partial charge in [0.1, 0.15) is 11.4 Å². The standard InChI is InChI=1S/C27H39N7O2/c1-5-9-18(3)30-26(35)19-12-13-22(24(14-19)36-4)31-27-29-15-23-25(32-27)34(21-10-7-8-11-21)20(6-2)16-33(23)17-28/h12-15,17-18,20-21,28H,5-11,16H2,1-4H3,(H,30,35)(H,29,31,32). The van der Waals surface area contributed by atoms with Crippen LogP contribution < -0.4 is 25.2 Å². The average molecular weight is 494 g/mol. The number of nitrogens with zero attached hydrogens (tertiary/aromatic N) is 4. The van der Waals surface area contributed by atoms with E-state index in [9.17, 15) is 4.79 Å². The van der Waals surface area contributed by atoms with E-state index in [1.807, 2.05) is 17.9 Å². The van der Waals surface area contributed by atoms with E-state index in [0.717, 1.165) is 37.3 Å². The molecule has 1 aromatic carbocycles. The largest absolute Gasteiger partial charge is 0.495 e. The van der Waals surface area contributed by atoms with Crippen LogP contribution in [0.3, 0.4) is 0 Å². The molecule has 2 atom stereocenters. The Labute approximate surface area is 214 Å².